The van der Waals surface area contributed by atoms with Gasteiger partial charge in [-0.15, -0.1) is 0 Å². The van der Waals surface area contributed by atoms with Crippen molar-refractivity contribution in [3.8, 4) is 0 Å². The Morgan fingerprint density at radius 3 is 2.12 bits per heavy atom. The minimum Gasteiger partial charge on any atom is -0.355 e. The number of nitrogens with zero attached hydrogens (tertiary/aromatic N) is 1. The summed E-state index contributed by atoms with van der Waals surface area (Å²) in [6.07, 6.45) is 1.46. The third-order valence-corrected chi connectivity index (χ3v) is 5.83. The van der Waals surface area contributed by atoms with Gasteiger partial charge in [0, 0.05) is 30.4 Å². The molecule has 0 saturated carbocycles. The van der Waals surface area contributed by atoms with Crippen molar-refractivity contribution in [2.75, 3.05) is 6.54 Å². The highest BCUT2D eigenvalue weighted by Gasteiger charge is 2.29. The highest BCUT2D eigenvalue weighted by atomic mass is 79.9. The molecular weight excluding hydrogens is 464 g/mol. The summed E-state index contributed by atoms with van der Waals surface area (Å²) in [5, 5.41) is 2.93. The highest BCUT2D eigenvalue weighted by Crippen LogP contribution is 2.19. The van der Waals surface area contributed by atoms with Crippen molar-refractivity contribution in [1.29, 1.82) is 0 Å². The van der Waals surface area contributed by atoms with Gasteiger partial charge in [0.25, 0.3) is 0 Å². The number of aryl methyl sites for hydroxylation is 1. The first-order valence-electron chi connectivity index (χ1n) is 11.0. The van der Waals surface area contributed by atoms with Crippen LogP contribution in [0.2, 0.25) is 0 Å². The molecule has 3 aromatic rings. The van der Waals surface area contributed by atoms with E-state index in [0.29, 0.717) is 32.4 Å². The Kier molecular flexibility index (Phi) is 9.05. The molecule has 0 aliphatic heterocycles. The molecule has 1 atom stereocenters. The fourth-order valence-electron chi connectivity index (χ4n) is 3.72. The molecule has 3 aromatic carbocycles. The molecule has 0 heterocycles. The lowest BCUT2D eigenvalue weighted by atomic mass is 10.0. The van der Waals surface area contributed by atoms with Gasteiger partial charge in [0.05, 0.1) is 0 Å². The molecule has 1 unspecified atom stereocenters. The first-order chi connectivity index (χ1) is 15.6. The van der Waals surface area contributed by atoms with E-state index in [1.807, 2.05) is 91.9 Å². The molecule has 0 aromatic heterocycles. The van der Waals surface area contributed by atoms with Crippen LogP contribution in [0, 0.1) is 0 Å². The molecule has 0 radical (unpaired) electrons. The van der Waals surface area contributed by atoms with Crippen LogP contribution in [-0.2, 0) is 29.0 Å². The number of likely N-dealkylation sites (N-methyl/N-ethyl adjacent to an activating group) is 1. The van der Waals surface area contributed by atoms with Crippen LogP contribution >= 0.6 is 15.9 Å². The summed E-state index contributed by atoms with van der Waals surface area (Å²) in [5.74, 6) is -0.152. The minimum absolute atomic E-state index is 0.0268. The molecule has 0 aliphatic rings. The zero-order chi connectivity index (χ0) is 22.8. The fraction of sp³-hybridized carbons (Fsp3) is 0.259. The van der Waals surface area contributed by atoms with Crippen LogP contribution in [0.5, 0.6) is 0 Å². The third kappa shape index (κ3) is 7.06. The highest BCUT2D eigenvalue weighted by molar-refractivity contribution is 9.10. The summed E-state index contributed by atoms with van der Waals surface area (Å²) in [5.41, 5.74) is 3.12. The molecule has 4 nitrogen and oxygen atoms in total. The van der Waals surface area contributed by atoms with E-state index in [1.165, 1.54) is 0 Å². The minimum atomic E-state index is -0.584. The van der Waals surface area contributed by atoms with Gasteiger partial charge < -0.3 is 10.2 Å². The molecule has 2 amide bonds. The van der Waals surface area contributed by atoms with E-state index in [-0.39, 0.29) is 11.8 Å². The van der Waals surface area contributed by atoms with E-state index in [4.69, 9.17) is 0 Å². The van der Waals surface area contributed by atoms with Gasteiger partial charge in [-0.25, -0.2) is 0 Å². The van der Waals surface area contributed by atoms with Gasteiger partial charge in [-0.1, -0.05) is 88.7 Å². The fourth-order valence-corrected chi connectivity index (χ4v) is 4.16. The van der Waals surface area contributed by atoms with E-state index in [9.17, 15) is 9.59 Å². The van der Waals surface area contributed by atoms with Crippen molar-refractivity contribution < 1.29 is 9.59 Å². The summed E-state index contributed by atoms with van der Waals surface area (Å²) in [7, 11) is 0. The maximum Gasteiger partial charge on any atom is 0.243 e. The lowest BCUT2D eigenvalue weighted by molar-refractivity contribution is -0.141. The van der Waals surface area contributed by atoms with Gasteiger partial charge in [0.2, 0.25) is 11.8 Å². The Morgan fingerprint density at radius 1 is 0.875 bits per heavy atom. The van der Waals surface area contributed by atoms with Crippen molar-refractivity contribution in [3.05, 3.63) is 106 Å². The van der Waals surface area contributed by atoms with E-state index in [0.717, 1.165) is 21.2 Å². The first-order valence-corrected chi connectivity index (χ1v) is 11.8. The summed E-state index contributed by atoms with van der Waals surface area (Å²) in [4.78, 5) is 28.3. The number of rotatable bonds is 10. The van der Waals surface area contributed by atoms with Crippen LogP contribution in [0.1, 0.15) is 30.0 Å². The number of carbonyl (C=O) groups is 2. The average molecular weight is 493 g/mol. The molecular formula is C27H29BrN2O2. The van der Waals surface area contributed by atoms with Crippen LogP contribution in [0.3, 0.4) is 0 Å². The van der Waals surface area contributed by atoms with Crippen molar-refractivity contribution in [2.24, 2.45) is 0 Å². The second-order valence-corrected chi connectivity index (χ2v) is 8.65. The predicted molar refractivity (Wildman–Crippen MR) is 132 cm³/mol. The molecule has 32 heavy (non-hydrogen) atoms. The normalized spacial score (nSPS) is 11.6. The zero-order valence-electron chi connectivity index (χ0n) is 18.3. The van der Waals surface area contributed by atoms with Gasteiger partial charge >= 0.3 is 0 Å². The number of hydrogen-bond donors (Lipinski definition) is 1. The van der Waals surface area contributed by atoms with Crippen LogP contribution in [-0.4, -0.2) is 29.3 Å². The Hall–Kier alpha value is -2.92. The second-order valence-electron chi connectivity index (χ2n) is 7.74. The summed E-state index contributed by atoms with van der Waals surface area (Å²) in [6.45, 7) is 2.79. The van der Waals surface area contributed by atoms with Crippen LogP contribution in [0.4, 0.5) is 0 Å². The van der Waals surface area contributed by atoms with Crippen molar-refractivity contribution in [2.45, 2.75) is 38.8 Å². The SMILES string of the molecule is CCNC(=O)C(Cc1ccccc1)N(Cc1cccc(Br)c1)C(=O)CCc1ccccc1. The summed E-state index contributed by atoms with van der Waals surface area (Å²) >= 11 is 3.51. The maximum atomic E-state index is 13.5. The lowest BCUT2D eigenvalue weighted by Gasteiger charge is -2.31. The maximum absolute atomic E-state index is 13.5. The molecule has 1 N–H and O–H groups in total. The van der Waals surface area contributed by atoms with E-state index < -0.39 is 6.04 Å². The number of halogens is 1. The van der Waals surface area contributed by atoms with Gasteiger partial charge in [-0.3, -0.25) is 9.59 Å². The second kappa shape index (κ2) is 12.2. The van der Waals surface area contributed by atoms with Crippen LogP contribution in [0.25, 0.3) is 0 Å². The van der Waals surface area contributed by atoms with E-state index in [1.54, 1.807) is 4.90 Å². The molecule has 166 valence electrons. The average Bonchev–Trinajstić information content (AvgIpc) is 2.81. The number of carbonyl (C=O) groups excluding carboxylic acids is 2. The van der Waals surface area contributed by atoms with Gasteiger partial charge in [-0.2, -0.15) is 0 Å². The number of hydrogen-bond acceptors (Lipinski definition) is 2. The smallest absolute Gasteiger partial charge is 0.243 e. The molecule has 0 fully saturated rings. The number of amides is 2. The predicted octanol–water partition coefficient (Wildman–Crippen LogP) is 5.16. The van der Waals surface area contributed by atoms with Crippen molar-refractivity contribution >= 4 is 27.7 Å². The van der Waals surface area contributed by atoms with Gasteiger partial charge in [-0.05, 0) is 42.2 Å². The number of benzene rings is 3. The zero-order valence-corrected chi connectivity index (χ0v) is 19.9. The van der Waals surface area contributed by atoms with Gasteiger partial charge in [0.1, 0.15) is 6.04 Å². The molecule has 0 aliphatic carbocycles. The standard InChI is InChI=1S/C27H29BrN2O2/c1-2-29-27(32)25(19-22-12-7-4-8-13-22)30(20-23-14-9-15-24(28)18-23)26(31)17-16-21-10-5-3-6-11-21/h3-15,18,25H,2,16-17,19-20H2,1H3,(H,29,32). The Balaban J connectivity index is 1.88. The lowest BCUT2D eigenvalue weighted by Crippen LogP contribution is -2.50. The van der Waals surface area contributed by atoms with Gasteiger partial charge in [0.15, 0.2) is 0 Å². The first kappa shape index (κ1) is 23.7. The Bertz CT molecular complexity index is 1010. The molecule has 0 bridgehead atoms. The molecule has 0 spiro atoms. The van der Waals surface area contributed by atoms with E-state index >= 15 is 0 Å². The summed E-state index contributed by atoms with van der Waals surface area (Å²) in [6, 6.07) is 27.1. The van der Waals surface area contributed by atoms with Crippen molar-refractivity contribution in [3.63, 3.8) is 0 Å². The topological polar surface area (TPSA) is 49.4 Å². The quantitative estimate of drug-likeness (QED) is 0.424. The molecule has 0 saturated heterocycles. The van der Waals surface area contributed by atoms with Crippen LogP contribution < -0.4 is 5.32 Å². The van der Waals surface area contributed by atoms with Crippen molar-refractivity contribution in [1.82, 2.24) is 10.2 Å². The van der Waals surface area contributed by atoms with E-state index in [2.05, 4.69) is 21.2 Å². The Morgan fingerprint density at radius 2 is 1.50 bits per heavy atom. The largest absolute Gasteiger partial charge is 0.355 e. The Labute approximate surface area is 198 Å². The number of nitrogens with one attached hydrogen (secondary N) is 1. The monoisotopic (exact) mass is 492 g/mol. The third-order valence-electron chi connectivity index (χ3n) is 5.33. The van der Waals surface area contributed by atoms with Crippen LogP contribution in [0.15, 0.2) is 89.4 Å². The molecule has 3 rings (SSSR count). The molecule has 5 heteroatoms. The summed E-state index contributed by atoms with van der Waals surface area (Å²) < 4.78 is 0.948.